The number of hydrogen-bond acceptors (Lipinski definition) is 3. The van der Waals surface area contributed by atoms with E-state index in [1.54, 1.807) is 26.4 Å². The first kappa shape index (κ1) is 25.0. The Labute approximate surface area is 168 Å². The molecule has 9 heteroatoms. The average molecular weight is 450 g/mol. The van der Waals surface area contributed by atoms with Crippen molar-refractivity contribution in [3.8, 4) is 0 Å². The molecule has 0 bridgehead atoms. The fraction of sp³-hybridized carbons (Fsp3) is 0.778. The summed E-state index contributed by atoms with van der Waals surface area (Å²) >= 11 is -1.80. The Balaban J connectivity index is 0.000000527. The third-order valence-corrected chi connectivity index (χ3v) is 8.60. The van der Waals surface area contributed by atoms with Crippen LogP contribution in [-0.2, 0) is 23.4 Å². The van der Waals surface area contributed by atoms with E-state index >= 15 is 8.78 Å². The fourth-order valence-corrected chi connectivity index (χ4v) is 4.13. The van der Waals surface area contributed by atoms with Gasteiger partial charge in [-0.3, -0.25) is 0 Å². The predicted molar refractivity (Wildman–Crippen MR) is 94.5 cm³/mol. The van der Waals surface area contributed by atoms with Crippen molar-refractivity contribution in [3.63, 3.8) is 0 Å². The van der Waals surface area contributed by atoms with E-state index in [1.807, 2.05) is 0 Å². The average Bonchev–Trinajstić information content (AvgIpc) is 3.06. The van der Waals surface area contributed by atoms with E-state index < -0.39 is 51.1 Å². The first-order valence-electron chi connectivity index (χ1n) is 8.46. The molecule has 0 aliphatic heterocycles. The molecule has 2 aliphatic rings. The van der Waals surface area contributed by atoms with Gasteiger partial charge in [0.1, 0.15) is 0 Å². The Morgan fingerprint density at radius 3 is 1.56 bits per heavy atom. The monoisotopic (exact) mass is 450 g/mol. The van der Waals surface area contributed by atoms with Gasteiger partial charge >= 0.3 is 47.4 Å². The number of halogens is 5. The van der Waals surface area contributed by atoms with E-state index in [1.165, 1.54) is 6.08 Å². The maximum absolute atomic E-state index is 15.2. The summed E-state index contributed by atoms with van der Waals surface area (Å²) in [6, 6.07) is 0. The zero-order chi connectivity index (χ0) is 21.5. The van der Waals surface area contributed by atoms with Gasteiger partial charge in [0.05, 0.1) is 5.92 Å². The summed E-state index contributed by atoms with van der Waals surface area (Å²) in [5.74, 6) is -1.70. The summed E-state index contributed by atoms with van der Waals surface area (Å²) in [5, 5.41) is 0. The van der Waals surface area contributed by atoms with Crippen molar-refractivity contribution >= 4 is 9.70 Å². The van der Waals surface area contributed by atoms with Gasteiger partial charge in [0.25, 0.3) is 0 Å². The van der Waals surface area contributed by atoms with E-state index in [2.05, 4.69) is 16.3 Å². The molecule has 0 spiro atoms. The van der Waals surface area contributed by atoms with Crippen LogP contribution in [0.4, 0.5) is 22.0 Å². The maximum atomic E-state index is 15.2. The molecule has 1 fully saturated rings. The van der Waals surface area contributed by atoms with E-state index in [-0.39, 0.29) is 12.0 Å². The van der Waals surface area contributed by atoms with Gasteiger partial charge < -0.3 is 0 Å². The van der Waals surface area contributed by atoms with Gasteiger partial charge in [-0.05, 0) is 41.0 Å². The van der Waals surface area contributed by atoms with Gasteiger partial charge in [-0.25, -0.2) is 22.0 Å². The molecule has 0 aromatic rings. The second-order valence-electron chi connectivity index (χ2n) is 7.63. The second kappa shape index (κ2) is 8.02. The molecule has 0 saturated heterocycles. The standard InChI is InChI=1S/C16H21F5.2CH3O.S.Ti/c1-12(17)11(10-8-6-7-9-10)13(2,18)15(4,20)16(5,21)14(12,3)19;2*1-2;;/h6-8,11H,9H2,1-5H3;2*1H3;;/q;2*-1;;+2. The zero-order valence-electron chi connectivity index (χ0n) is 16.6. The number of allylic oxidation sites excluding steroid dienone is 4. The van der Waals surface area contributed by atoms with Gasteiger partial charge in [-0.1, -0.05) is 23.8 Å². The molecular formula is C18H27F5O2STi. The molecule has 27 heavy (non-hydrogen) atoms. The van der Waals surface area contributed by atoms with Crippen molar-refractivity contribution in [1.82, 2.24) is 0 Å². The van der Waals surface area contributed by atoms with E-state index in [0.29, 0.717) is 20.8 Å². The van der Waals surface area contributed by atoms with Crippen LogP contribution < -0.4 is 0 Å². The van der Waals surface area contributed by atoms with Crippen LogP contribution in [-0.4, -0.2) is 42.6 Å². The van der Waals surface area contributed by atoms with Gasteiger partial charge in [0.2, 0.25) is 0 Å². The molecule has 0 N–H and O–H groups in total. The van der Waals surface area contributed by atoms with Gasteiger partial charge in [-0.15, -0.1) is 0 Å². The van der Waals surface area contributed by atoms with Crippen LogP contribution in [0.25, 0.3) is 0 Å². The molecule has 2 rings (SSSR count). The topological polar surface area (TPSA) is 18.5 Å². The van der Waals surface area contributed by atoms with Gasteiger partial charge in [0, 0.05) is 0 Å². The normalized spacial score (nSPS) is 46.5. The molecule has 1 saturated carbocycles. The summed E-state index contributed by atoms with van der Waals surface area (Å²) in [4.78, 5) is 0. The van der Waals surface area contributed by atoms with Gasteiger partial charge in [-0.2, -0.15) is 0 Å². The molecule has 0 heterocycles. The molecule has 0 aromatic carbocycles. The van der Waals surface area contributed by atoms with Crippen molar-refractivity contribution in [1.29, 1.82) is 0 Å². The summed E-state index contributed by atoms with van der Waals surface area (Å²) in [6.07, 6.45) is 4.89. The quantitative estimate of drug-likeness (QED) is 0.389. The molecule has 2 nitrogen and oxygen atoms in total. The van der Waals surface area contributed by atoms with Crippen LogP contribution in [0.3, 0.4) is 0 Å². The Bertz CT molecular complexity index is 606. The van der Waals surface area contributed by atoms with Crippen LogP contribution in [0.1, 0.15) is 41.0 Å². The first-order valence-corrected chi connectivity index (χ1v) is 12.1. The molecule has 156 valence electrons. The molecule has 0 amide bonds. The Morgan fingerprint density at radius 2 is 1.30 bits per heavy atom. The van der Waals surface area contributed by atoms with E-state index in [4.69, 9.17) is 0 Å². The fourth-order valence-electron chi connectivity index (χ4n) is 3.87. The van der Waals surface area contributed by atoms with Crippen LogP contribution in [0.2, 0.25) is 0 Å². The zero-order valence-corrected chi connectivity index (χ0v) is 19.0. The first-order chi connectivity index (χ1) is 12.0. The molecule has 4 unspecified atom stereocenters. The Kier molecular flexibility index (Phi) is 7.43. The predicted octanol–water partition coefficient (Wildman–Crippen LogP) is 5.98. The molecule has 2 aliphatic carbocycles. The molecule has 0 aromatic heterocycles. The third kappa shape index (κ3) is 3.77. The van der Waals surface area contributed by atoms with Crippen molar-refractivity contribution in [2.45, 2.75) is 69.4 Å². The minimum atomic E-state index is -3.31. The number of hydrogen-bond donors (Lipinski definition) is 0. The van der Waals surface area contributed by atoms with E-state index in [9.17, 15) is 13.2 Å². The van der Waals surface area contributed by atoms with Crippen LogP contribution in [0, 0.1) is 5.92 Å². The summed E-state index contributed by atoms with van der Waals surface area (Å²) in [7, 11) is 7.81. The van der Waals surface area contributed by atoms with Crippen LogP contribution in [0.5, 0.6) is 0 Å². The third-order valence-electron chi connectivity index (χ3n) is 6.19. The number of rotatable bonds is 3. The Hall–Kier alpha value is -0.0157. The van der Waals surface area contributed by atoms with Gasteiger partial charge in [0.15, 0.2) is 28.3 Å². The van der Waals surface area contributed by atoms with Crippen molar-refractivity contribution in [2.24, 2.45) is 5.92 Å². The Morgan fingerprint density at radius 1 is 0.889 bits per heavy atom. The number of alkyl halides is 5. The van der Waals surface area contributed by atoms with Crippen molar-refractivity contribution < 1.29 is 45.4 Å². The molecule has 0 radical (unpaired) electrons. The second-order valence-corrected chi connectivity index (χ2v) is 11.1. The summed E-state index contributed by atoms with van der Waals surface area (Å²) in [5.41, 5.74) is -15.2. The minimum absolute atomic E-state index is 0.207. The summed E-state index contributed by atoms with van der Waals surface area (Å²) < 4.78 is 84.5. The van der Waals surface area contributed by atoms with Crippen LogP contribution >= 0.6 is 9.70 Å². The summed E-state index contributed by atoms with van der Waals surface area (Å²) in [6.45, 7) is 3.59. The van der Waals surface area contributed by atoms with Crippen molar-refractivity contribution in [2.75, 3.05) is 14.2 Å². The molecule has 4 atom stereocenters. The van der Waals surface area contributed by atoms with Crippen molar-refractivity contribution in [3.05, 3.63) is 23.8 Å². The van der Waals surface area contributed by atoms with E-state index in [0.717, 1.165) is 13.8 Å². The SMILES string of the molecule is CC1(F)C(C2=CC=CC2)C(C)(F)C(C)(F)C(C)(F)C1(C)F.C[O][Ti](=[S])[O]C. The van der Waals surface area contributed by atoms with Crippen LogP contribution in [0.15, 0.2) is 23.8 Å². The molecular weight excluding hydrogens is 423 g/mol.